The fourth-order valence-corrected chi connectivity index (χ4v) is 2.20. The van der Waals surface area contributed by atoms with Crippen molar-refractivity contribution in [2.24, 2.45) is 0 Å². The van der Waals surface area contributed by atoms with Crippen LogP contribution in [0.25, 0.3) is 0 Å². The fourth-order valence-electron chi connectivity index (χ4n) is 2.20. The standard InChI is InChI=1S/C14H15F2NO2/c1-18-13-7-14(12(16)6-9(13)8-17)19-11-4-2-10(15)3-5-11/h6-7,10-11H,2-5H2,1H3. The maximum Gasteiger partial charge on any atom is 0.166 e. The van der Waals surface area contributed by atoms with E-state index in [9.17, 15) is 8.78 Å². The van der Waals surface area contributed by atoms with Crippen LogP contribution in [-0.4, -0.2) is 19.4 Å². The van der Waals surface area contributed by atoms with Gasteiger partial charge in [0.1, 0.15) is 18.0 Å². The Labute approximate surface area is 110 Å². The van der Waals surface area contributed by atoms with Crippen molar-refractivity contribution in [2.75, 3.05) is 7.11 Å². The van der Waals surface area contributed by atoms with Gasteiger partial charge in [-0.05, 0) is 31.7 Å². The van der Waals surface area contributed by atoms with Gasteiger partial charge >= 0.3 is 0 Å². The summed E-state index contributed by atoms with van der Waals surface area (Å²) in [7, 11) is 1.41. The van der Waals surface area contributed by atoms with Gasteiger partial charge in [-0.25, -0.2) is 8.78 Å². The van der Waals surface area contributed by atoms with Crippen LogP contribution >= 0.6 is 0 Å². The maximum absolute atomic E-state index is 13.8. The Morgan fingerprint density at radius 1 is 1.21 bits per heavy atom. The number of nitrogens with zero attached hydrogens (tertiary/aromatic N) is 1. The van der Waals surface area contributed by atoms with Gasteiger partial charge in [0.15, 0.2) is 11.6 Å². The van der Waals surface area contributed by atoms with Gasteiger partial charge in [0.25, 0.3) is 0 Å². The molecule has 1 fully saturated rings. The Kier molecular flexibility index (Phi) is 4.20. The monoisotopic (exact) mass is 267 g/mol. The van der Waals surface area contributed by atoms with Crippen molar-refractivity contribution in [3.05, 3.63) is 23.5 Å². The van der Waals surface area contributed by atoms with E-state index >= 15 is 0 Å². The van der Waals surface area contributed by atoms with E-state index in [2.05, 4.69) is 0 Å². The lowest BCUT2D eigenvalue weighted by atomic mass is 9.96. The van der Waals surface area contributed by atoms with Crippen LogP contribution in [0.15, 0.2) is 12.1 Å². The molecule has 1 aromatic rings. The smallest absolute Gasteiger partial charge is 0.166 e. The van der Waals surface area contributed by atoms with Crippen LogP contribution in [0.1, 0.15) is 31.2 Å². The summed E-state index contributed by atoms with van der Waals surface area (Å²) in [5, 5.41) is 8.84. The summed E-state index contributed by atoms with van der Waals surface area (Å²) in [4.78, 5) is 0. The van der Waals surface area contributed by atoms with E-state index in [1.807, 2.05) is 6.07 Å². The molecule has 0 spiro atoms. The van der Waals surface area contributed by atoms with Crippen molar-refractivity contribution in [1.82, 2.24) is 0 Å². The minimum Gasteiger partial charge on any atom is -0.495 e. The largest absolute Gasteiger partial charge is 0.495 e. The first kappa shape index (κ1) is 13.6. The zero-order chi connectivity index (χ0) is 13.8. The number of nitriles is 1. The maximum atomic E-state index is 13.8. The van der Waals surface area contributed by atoms with E-state index in [4.69, 9.17) is 14.7 Å². The average molecular weight is 267 g/mol. The molecule has 2 rings (SSSR count). The third-order valence-corrected chi connectivity index (χ3v) is 3.27. The summed E-state index contributed by atoms with van der Waals surface area (Å²) in [5.74, 6) is -0.268. The zero-order valence-electron chi connectivity index (χ0n) is 10.7. The van der Waals surface area contributed by atoms with Crippen LogP contribution in [0.2, 0.25) is 0 Å². The molecule has 1 aromatic carbocycles. The molecule has 0 amide bonds. The Morgan fingerprint density at radius 2 is 1.89 bits per heavy atom. The molecule has 5 heteroatoms. The quantitative estimate of drug-likeness (QED) is 0.843. The van der Waals surface area contributed by atoms with Gasteiger partial charge in [0, 0.05) is 6.07 Å². The van der Waals surface area contributed by atoms with Crippen LogP contribution in [0.5, 0.6) is 11.5 Å². The highest BCUT2D eigenvalue weighted by atomic mass is 19.1. The van der Waals surface area contributed by atoms with Gasteiger partial charge in [-0.1, -0.05) is 0 Å². The number of ether oxygens (including phenoxy) is 2. The van der Waals surface area contributed by atoms with Crippen LogP contribution in [0.3, 0.4) is 0 Å². The predicted molar refractivity (Wildman–Crippen MR) is 65.4 cm³/mol. The van der Waals surface area contributed by atoms with Gasteiger partial charge in [0.2, 0.25) is 0 Å². The summed E-state index contributed by atoms with van der Waals surface area (Å²) in [6.45, 7) is 0. The molecule has 1 aliphatic rings. The molecule has 1 aliphatic carbocycles. The molecular weight excluding hydrogens is 252 g/mol. The van der Waals surface area contributed by atoms with Crippen molar-refractivity contribution in [1.29, 1.82) is 5.26 Å². The highest BCUT2D eigenvalue weighted by Crippen LogP contribution is 2.31. The number of hydrogen-bond donors (Lipinski definition) is 0. The summed E-state index contributed by atoms with van der Waals surface area (Å²) >= 11 is 0. The molecule has 102 valence electrons. The van der Waals surface area contributed by atoms with Crippen molar-refractivity contribution in [3.8, 4) is 17.6 Å². The van der Waals surface area contributed by atoms with Crippen LogP contribution in [0.4, 0.5) is 8.78 Å². The van der Waals surface area contributed by atoms with Gasteiger partial charge in [-0.3, -0.25) is 0 Å². The molecular formula is C14H15F2NO2. The Hall–Kier alpha value is -1.83. The molecule has 0 atom stereocenters. The number of halogens is 2. The van der Waals surface area contributed by atoms with E-state index < -0.39 is 12.0 Å². The normalized spacial score (nSPS) is 22.6. The van der Waals surface area contributed by atoms with Gasteiger partial charge in [-0.2, -0.15) is 5.26 Å². The molecule has 0 radical (unpaired) electrons. The highest BCUT2D eigenvalue weighted by molar-refractivity contribution is 5.48. The molecule has 0 heterocycles. The van der Waals surface area contributed by atoms with E-state index in [0.717, 1.165) is 6.07 Å². The van der Waals surface area contributed by atoms with Crippen LogP contribution < -0.4 is 9.47 Å². The summed E-state index contributed by atoms with van der Waals surface area (Å²) in [5.41, 5.74) is 0.125. The van der Waals surface area contributed by atoms with Crippen molar-refractivity contribution in [2.45, 2.75) is 38.0 Å². The second-order valence-corrected chi connectivity index (χ2v) is 4.59. The van der Waals surface area contributed by atoms with E-state index in [1.54, 1.807) is 0 Å². The first-order chi connectivity index (χ1) is 9.13. The molecule has 1 saturated carbocycles. The molecule has 0 unspecified atom stereocenters. The first-order valence-electron chi connectivity index (χ1n) is 6.22. The molecule has 0 aromatic heterocycles. The van der Waals surface area contributed by atoms with E-state index in [0.29, 0.717) is 25.7 Å². The minimum absolute atomic E-state index is 0.0539. The number of methoxy groups -OCH3 is 1. The SMILES string of the molecule is COc1cc(OC2CCC(F)CC2)c(F)cc1C#N. The molecule has 0 aliphatic heterocycles. The van der Waals surface area contributed by atoms with E-state index in [-0.39, 0.29) is 23.2 Å². The molecule has 0 bridgehead atoms. The van der Waals surface area contributed by atoms with Gasteiger partial charge in [0.05, 0.1) is 18.8 Å². The van der Waals surface area contributed by atoms with Gasteiger partial charge < -0.3 is 9.47 Å². The predicted octanol–water partition coefficient (Wildman–Crippen LogP) is 3.37. The Bertz CT molecular complexity index is 491. The second kappa shape index (κ2) is 5.87. The number of benzene rings is 1. The Morgan fingerprint density at radius 3 is 2.47 bits per heavy atom. The van der Waals surface area contributed by atoms with Gasteiger partial charge in [-0.15, -0.1) is 0 Å². The second-order valence-electron chi connectivity index (χ2n) is 4.59. The molecule has 0 N–H and O–H groups in total. The lowest BCUT2D eigenvalue weighted by molar-refractivity contribution is 0.109. The van der Waals surface area contributed by atoms with Crippen molar-refractivity contribution in [3.63, 3.8) is 0 Å². The number of alkyl halides is 1. The number of rotatable bonds is 3. The first-order valence-corrected chi connectivity index (χ1v) is 6.22. The van der Waals surface area contributed by atoms with Crippen LogP contribution in [-0.2, 0) is 0 Å². The fraction of sp³-hybridized carbons (Fsp3) is 0.500. The van der Waals surface area contributed by atoms with Crippen molar-refractivity contribution >= 4 is 0 Å². The van der Waals surface area contributed by atoms with Crippen LogP contribution in [0, 0.1) is 17.1 Å². The third kappa shape index (κ3) is 3.14. The average Bonchev–Trinajstić information content (AvgIpc) is 2.43. The number of hydrogen-bond acceptors (Lipinski definition) is 3. The lowest BCUT2D eigenvalue weighted by Gasteiger charge is -2.25. The third-order valence-electron chi connectivity index (χ3n) is 3.27. The molecule has 19 heavy (non-hydrogen) atoms. The minimum atomic E-state index is -0.778. The summed E-state index contributed by atoms with van der Waals surface area (Å²) in [6, 6.07) is 4.32. The van der Waals surface area contributed by atoms with E-state index in [1.165, 1.54) is 13.2 Å². The highest BCUT2D eigenvalue weighted by Gasteiger charge is 2.23. The lowest BCUT2D eigenvalue weighted by Crippen LogP contribution is -2.25. The summed E-state index contributed by atoms with van der Waals surface area (Å²) in [6.07, 6.45) is 1.07. The Balaban J connectivity index is 2.14. The molecule has 0 saturated heterocycles. The van der Waals surface area contributed by atoms with Crippen molar-refractivity contribution < 1.29 is 18.3 Å². The molecule has 3 nitrogen and oxygen atoms in total. The topological polar surface area (TPSA) is 42.2 Å². The zero-order valence-corrected chi connectivity index (χ0v) is 10.7. The summed E-state index contributed by atoms with van der Waals surface area (Å²) < 4.78 is 37.3.